The lowest BCUT2D eigenvalue weighted by Gasteiger charge is -2.05. The molecule has 0 spiro atoms. The third-order valence-electron chi connectivity index (χ3n) is 2.65. The Balaban J connectivity index is 2.30. The minimum Gasteiger partial charge on any atom is -0.495 e. The van der Waals surface area contributed by atoms with Crippen LogP contribution in [0.5, 0.6) is 5.75 Å². The fraction of sp³-hybridized carbons (Fsp3) is 0.385. The van der Waals surface area contributed by atoms with Gasteiger partial charge in [0.25, 0.3) is 0 Å². The number of nitrogens with one attached hydrogen (secondary N) is 2. The summed E-state index contributed by atoms with van der Waals surface area (Å²) in [5.74, 6) is 0.710. The summed E-state index contributed by atoms with van der Waals surface area (Å²) in [4.78, 5) is 3.34. The molecule has 3 nitrogen and oxygen atoms in total. The molecule has 0 bridgehead atoms. The Labute approximate surface area is 106 Å². The van der Waals surface area contributed by atoms with Crippen molar-refractivity contribution in [1.82, 2.24) is 10.3 Å². The highest BCUT2D eigenvalue weighted by atomic mass is 35.5. The molecular formula is C13H17ClN2O. The molecule has 2 aromatic rings. The molecule has 1 aromatic heterocycles. The number of benzene rings is 1. The summed E-state index contributed by atoms with van der Waals surface area (Å²) in [6, 6.07) is 6.44. The molecule has 0 atom stereocenters. The zero-order valence-corrected chi connectivity index (χ0v) is 11.1. The van der Waals surface area contributed by atoms with Gasteiger partial charge >= 0.3 is 0 Å². The molecule has 0 fully saturated rings. The van der Waals surface area contributed by atoms with Crippen molar-refractivity contribution in [2.75, 3.05) is 7.11 Å². The molecule has 0 amide bonds. The first-order chi connectivity index (χ1) is 8.10. The van der Waals surface area contributed by atoms with Gasteiger partial charge in [0.05, 0.1) is 12.1 Å². The van der Waals surface area contributed by atoms with Crippen LogP contribution in [0.4, 0.5) is 0 Å². The van der Waals surface area contributed by atoms with Gasteiger partial charge in [0, 0.05) is 29.2 Å². The summed E-state index contributed by atoms with van der Waals surface area (Å²) < 4.78 is 5.20. The van der Waals surface area contributed by atoms with E-state index in [9.17, 15) is 0 Å². The third-order valence-corrected chi connectivity index (χ3v) is 2.95. The standard InChI is InChI=1S/C13H17ClN2O/c1-8(2)15-7-10-4-9-5-13(17-3)11(14)6-12(9)16-10/h4-6,8,15-16H,7H2,1-3H3. The van der Waals surface area contributed by atoms with Gasteiger partial charge in [0.15, 0.2) is 0 Å². The third kappa shape index (κ3) is 2.73. The predicted molar refractivity (Wildman–Crippen MR) is 71.8 cm³/mol. The molecule has 0 saturated heterocycles. The number of halogens is 1. The van der Waals surface area contributed by atoms with Crippen molar-refractivity contribution < 1.29 is 4.74 Å². The van der Waals surface area contributed by atoms with Gasteiger partial charge in [0.2, 0.25) is 0 Å². The molecule has 1 heterocycles. The molecule has 2 rings (SSSR count). The van der Waals surface area contributed by atoms with Gasteiger partial charge in [-0.3, -0.25) is 0 Å². The number of aromatic nitrogens is 1. The van der Waals surface area contributed by atoms with Crippen molar-refractivity contribution >= 4 is 22.5 Å². The topological polar surface area (TPSA) is 37.0 Å². The number of H-pyrrole nitrogens is 1. The Bertz CT molecular complexity index is 519. The van der Waals surface area contributed by atoms with Gasteiger partial charge in [-0.2, -0.15) is 0 Å². The van der Waals surface area contributed by atoms with E-state index in [1.165, 1.54) is 0 Å². The minimum atomic E-state index is 0.472. The molecular weight excluding hydrogens is 236 g/mol. The summed E-state index contributed by atoms with van der Waals surface area (Å²) in [6.45, 7) is 5.08. The minimum absolute atomic E-state index is 0.472. The zero-order valence-electron chi connectivity index (χ0n) is 10.3. The maximum Gasteiger partial charge on any atom is 0.138 e. The van der Waals surface area contributed by atoms with Crippen LogP contribution in [0.2, 0.25) is 5.02 Å². The highest BCUT2D eigenvalue weighted by Crippen LogP contribution is 2.30. The van der Waals surface area contributed by atoms with Gasteiger partial charge in [-0.05, 0) is 18.2 Å². The van der Waals surface area contributed by atoms with Crippen molar-refractivity contribution in [1.29, 1.82) is 0 Å². The van der Waals surface area contributed by atoms with Crippen molar-refractivity contribution in [2.45, 2.75) is 26.4 Å². The maximum atomic E-state index is 6.08. The SMILES string of the molecule is COc1cc2cc(CNC(C)C)[nH]c2cc1Cl. The zero-order chi connectivity index (χ0) is 12.4. The van der Waals surface area contributed by atoms with Gasteiger partial charge in [-0.25, -0.2) is 0 Å². The molecule has 0 aliphatic rings. The molecule has 0 unspecified atom stereocenters. The number of hydrogen-bond acceptors (Lipinski definition) is 2. The van der Waals surface area contributed by atoms with E-state index in [2.05, 4.69) is 30.2 Å². The Hall–Kier alpha value is -1.19. The highest BCUT2D eigenvalue weighted by molar-refractivity contribution is 6.32. The van der Waals surface area contributed by atoms with Crippen LogP contribution in [0.3, 0.4) is 0 Å². The maximum absolute atomic E-state index is 6.08. The second kappa shape index (κ2) is 4.98. The van der Waals surface area contributed by atoms with Crippen LogP contribution in [-0.2, 0) is 6.54 Å². The van der Waals surface area contributed by atoms with Crippen LogP contribution in [0, 0.1) is 0 Å². The van der Waals surface area contributed by atoms with E-state index in [0.717, 1.165) is 23.1 Å². The Morgan fingerprint density at radius 2 is 2.12 bits per heavy atom. The Morgan fingerprint density at radius 1 is 1.35 bits per heavy atom. The number of methoxy groups -OCH3 is 1. The first kappa shape index (κ1) is 12.3. The first-order valence-electron chi connectivity index (χ1n) is 5.68. The smallest absolute Gasteiger partial charge is 0.138 e. The van der Waals surface area contributed by atoms with E-state index < -0.39 is 0 Å². The van der Waals surface area contributed by atoms with Crippen LogP contribution < -0.4 is 10.1 Å². The molecule has 2 N–H and O–H groups in total. The number of ether oxygens (including phenoxy) is 1. The van der Waals surface area contributed by atoms with Crippen LogP contribution in [0.15, 0.2) is 18.2 Å². The van der Waals surface area contributed by atoms with Crippen molar-refractivity contribution in [2.24, 2.45) is 0 Å². The average Bonchev–Trinajstić information content (AvgIpc) is 2.67. The summed E-state index contributed by atoms with van der Waals surface area (Å²) in [6.07, 6.45) is 0. The van der Waals surface area contributed by atoms with Crippen LogP contribution >= 0.6 is 11.6 Å². The van der Waals surface area contributed by atoms with Gasteiger partial charge < -0.3 is 15.0 Å². The molecule has 0 aliphatic heterocycles. The van der Waals surface area contributed by atoms with Crippen molar-refractivity contribution in [3.63, 3.8) is 0 Å². The predicted octanol–water partition coefficient (Wildman–Crippen LogP) is 3.33. The fourth-order valence-corrected chi connectivity index (χ4v) is 2.00. The Morgan fingerprint density at radius 3 is 2.76 bits per heavy atom. The molecule has 17 heavy (non-hydrogen) atoms. The second-order valence-electron chi connectivity index (χ2n) is 4.40. The first-order valence-corrected chi connectivity index (χ1v) is 6.06. The number of hydrogen-bond donors (Lipinski definition) is 2. The van der Waals surface area contributed by atoms with Crippen LogP contribution in [0.25, 0.3) is 10.9 Å². The summed E-state index contributed by atoms with van der Waals surface area (Å²) in [7, 11) is 1.63. The summed E-state index contributed by atoms with van der Waals surface area (Å²) in [5, 5.41) is 5.12. The second-order valence-corrected chi connectivity index (χ2v) is 4.81. The average molecular weight is 253 g/mol. The van der Waals surface area contributed by atoms with E-state index in [1.807, 2.05) is 12.1 Å². The molecule has 4 heteroatoms. The van der Waals surface area contributed by atoms with Crippen molar-refractivity contribution in [3.05, 3.63) is 28.9 Å². The lowest BCUT2D eigenvalue weighted by Crippen LogP contribution is -2.21. The largest absolute Gasteiger partial charge is 0.495 e. The molecule has 1 aromatic carbocycles. The van der Waals surface area contributed by atoms with Gasteiger partial charge in [0.1, 0.15) is 5.75 Å². The fourth-order valence-electron chi connectivity index (χ4n) is 1.76. The van der Waals surface area contributed by atoms with E-state index in [4.69, 9.17) is 16.3 Å². The van der Waals surface area contributed by atoms with Crippen molar-refractivity contribution in [3.8, 4) is 5.75 Å². The molecule has 92 valence electrons. The lowest BCUT2D eigenvalue weighted by atomic mass is 10.2. The number of rotatable bonds is 4. The number of aromatic amines is 1. The van der Waals surface area contributed by atoms with Gasteiger partial charge in [-0.15, -0.1) is 0 Å². The normalized spacial score (nSPS) is 11.4. The molecule has 0 aliphatic carbocycles. The van der Waals surface area contributed by atoms with E-state index >= 15 is 0 Å². The number of fused-ring (bicyclic) bond motifs is 1. The molecule has 0 radical (unpaired) electrons. The monoisotopic (exact) mass is 252 g/mol. The summed E-state index contributed by atoms with van der Waals surface area (Å²) >= 11 is 6.08. The van der Waals surface area contributed by atoms with Crippen LogP contribution in [0.1, 0.15) is 19.5 Å². The Kier molecular flexibility index (Phi) is 3.60. The quantitative estimate of drug-likeness (QED) is 0.876. The van der Waals surface area contributed by atoms with Gasteiger partial charge in [-0.1, -0.05) is 25.4 Å². The molecule has 0 saturated carbocycles. The lowest BCUT2D eigenvalue weighted by molar-refractivity contribution is 0.415. The highest BCUT2D eigenvalue weighted by Gasteiger charge is 2.06. The van der Waals surface area contributed by atoms with E-state index in [1.54, 1.807) is 7.11 Å². The summed E-state index contributed by atoms with van der Waals surface area (Å²) in [5.41, 5.74) is 2.19. The van der Waals surface area contributed by atoms with E-state index in [0.29, 0.717) is 16.8 Å². The van der Waals surface area contributed by atoms with Crippen LogP contribution in [-0.4, -0.2) is 18.1 Å². The van der Waals surface area contributed by atoms with E-state index in [-0.39, 0.29) is 0 Å².